The number of nitrogens with one attached hydrogen (secondary N) is 1. The lowest BCUT2D eigenvalue weighted by Gasteiger charge is -2.29. The Balaban J connectivity index is 1.87. The second kappa shape index (κ2) is 9.98. The Kier molecular flexibility index (Phi) is 7.14. The number of benzene rings is 2. The van der Waals surface area contributed by atoms with E-state index < -0.39 is 0 Å². The summed E-state index contributed by atoms with van der Waals surface area (Å²) in [6.07, 6.45) is 3.33. The summed E-state index contributed by atoms with van der Waals surface area (Å²) in [6.45, 7) is 5.89. The number of hydrogen-bond acceptors (Lipinski definition) is 4. The Labute approximate surface area is 181 Å². The minimum Gasteiger partial charge on any atom is -0.328 e. The molecule has 0 aliphatic rings. The average Bonchev–Trinajstić information content (AvgIpc) is 3.15. The fraction of sp³-hybridized carbons (Fsp3) is 0.208. The van der Waals surface area contributed by atoms with Gasteiger partial charge in [-0.2, -0.15) is 0 Å². The average molecular weight is 420 g/mol. The van der Waals surface area contributed by atoms with Crippen LogP contribution in [0.1, 0.15) is 41.7 Å². The molecule has 2 aromatic carbocycles. The van der Waals surface area contributed by atoms with Crippen LogP contribution in [0.4, 0.5) is 5.69 Å². The molecule has 154 valence electrons. The highest BCUT2D eigenvalue weighted by Crippen LogP contribution is 2.25. The summed E-state index contributed by atoms with van der Waals surface area (Å²) < 4.78 is 0. The fourth-order valence-electron chi connectivity index (χ4n) is 3.15. The van der Waals surface area contributed by atoms with E-state index in [-0.39, 0.29) is 17.9 Å². The summed E-state index contributed by atoms with van der Waals surface area (Å²) in [5.74, 6) is -0.222. The van der Waals surface area contributed by atoms with Crippen molar-refractivity contribution in [3.63, 3.8) is 0 Å². The maximum Gasteiger partial charge on any atom is 0.247 e. The molecule has 0 saturated heterocycles. The Bertz CT molecular complexity index is 1040. The van der Waals surface area contributed by atoms with Gasteiger partial charge in [-0.1, -0.05) is 42.5 Å². The Hall–Kier alpha value is -3.25. The number of carbonyl (C=O) groups excluding carboxylic acids is 2. The number of hydrogen-bond donors (Lipinski definition) is 1. The lowest BCUT2D eigenvalue weighted by Crippen LogP contribution is -2.31. The molecule has 0 aliphatic heterocycles. The number of anilines is 1. The maximum atomic E-state index is 13.2. The van der Waals surface area contributed by atoms with Gasteiger partial charge in [-0.15, -0.1) is 11.3 Å². The van der Waals surface area contributed by atoms with Gasteiger partial charge in [0.1, 0.15) is 0 Å². The highest BCUT2D eigenvalue weighted by molar-refractivity contribution is 7.09. The molecule has 3 rings (SSSR count). The number of rotatable bonds is 7. The van der Waals surface area contributed by atoms with Crippen molar-refractivity contribution in [1.29, 1.82) is 0 Å². The van der Waals surface area contributed by atoms with Crippen LogP contribution in [-0.2, 0) is 16.1 Å². The van der Waals surface area contributed by atoms with Gasteiger partial charge >= 0.3 is 0 Å². The molecule has 1 atom stereocenters. The summed E-state index contributed by atoms with van der Waals surface area (Å²) in [6, 6.07) is 17.3. The molecule has 6 heteroatoms. The lowest BCUT2D eigenvalue weighted by molar-refractivity contribution is -0.128. The molecule has 0 spiro atoms. The molecule has 0 saturated carbocycles. The summed E-state index contributed by atoms with van der Waals surface area (Å²) in [5, 5.41) is 5.70. The topological polar surface area (TPSA) is 62.3 Å². The zero-order valence-corrected chi connectivity index (χ0v) is 18.1. The molecule has 3 aromatic rings. The van der Waals surface area contributed by atoms with E-state index in [1.165, 1.54) is 6.92 Å². The number of thiazole rings is 1. The summed E-state index contributed by atoms with van der Waals surface area (Å²) in [7, 11) is 0. The monoisotopic (exact) mass is 419 g/mol. The van der Waals surface area contributed by atoms with Gasteiger partial charge in [0, 0.05) is 30.6 Å². The summed E-state index contributed by atoms with van der Waals surface area (Å²) in [5.41, 5.74) is 3.50. The van der Waals surface area contributed by atoms with Gasteiger partial charge < -0.3 is 10.2 Å². The molecule has 0 radical (unpaired) electrons. The highest BCUT2D eigenvalue weighted by atomic mass is 32.1. The zero-order chi connectivity index (χ0) is 21.5. The van der Waals surface area contributed by atoms with Crippen LogP contribution in [0.5, 0.6) is 0 Å². The first-order valence-corrected chi connectivity index (χ1v) is 10.6. The largest absolute Gasteiger partial charge is 0.328 e. The molecular weight excluding hydrogens is 394 g/mol. The van der Waals surface area contributed by atoms with Crippen molar-refractivity contribution in [2.75, 3.05) is 5.32 Å². The molecule has 0 aliphatic carbocycles. The minimum atomic E-state index is -0.187. The first-order chi connectivity index (χ1) is 14.4. The normalized spacial score (nSPS) is 12.0. The van der Waals surface area contributed by atoms with Gasteiger partial charge in [0.05, 0.1) is 16.7 Å². The van der Waals surface area contributed by atoms with Gasteiger partial charge in [0.25, 0.3) is 0 Å². The number of aryl methyl sites for hydroxylation is 1. The predicted molar refractivity (Wildman–Crippen MR) is 122 cm³/mol. The van der Waals surface area contributed by atoms with Crippen LogP contribution in [0.3, 0.4) is 0 Å². The SMILES string of the molecule is CC(=O)Nc1cccc(C(C)N(Cc2ccccc2)C(=O)/C=C/c2csc(C)n2)c1. The Morgan fingerprint density at radius 3 is 2.60 bits per heavy atom. The zero-order valence-electron chi connectivity index (χ0n) is 17.3. The van der Waals surface area contributed by atoms with Crippen molar-refractivity contribution < 1.29 is 9.59 Å². The van der Waals surface area contributed by atoms with Gasteiger partial charge in [-0.05, 0) is 43.2 Å². The second-order valence-electron chi connectivity index (χ2n) is 7.06. The summed E-state index contributed by atoms with van der Waals surface area (Å²) >= 11 is 1.55. The molecule has 1 N–H and O–H groups in total. The fourth-order valence-corrected chi connectivity index (χ4v) is 3.74. The number of aromatic nitrogens is 1. The predicted octanol–water partition coefficient (Wildman–Crippen LogP) is 5.21. The van der Waals surface area contributed by atoms with E-state index in [2.05, 4.69) is 10.3 Å². The number of amides is 2. The van der Waals surface area contributed by atoms with E-state index in [0.717, 1.165) is 21.8 Å². The van der Waals surface area contributed by atoms with Crippen LogP contribution in [0.15, 0.2) is 66.1 Å². The van der Waals surface area contributed by atoms with Gasteiger partial charge in [0.15, 0.2) is 0 Å². The molecule has 0 fully saturated rings. The van der Waals surface area contributed by atoms with E-state index in [9.17, 15) is 9.59 Å². The van der Waals surface area contributed by atoms with Gasteiger partial charge in [-0.3, -0.25) is 9.59 Å². The molecule has 5 nitrogen and oxygen atoms in total. The van der Waals surface area contributed by atoms with Crippen LogP contribution in [0.2, 0.25) is 0 Å². The molecule has 0 bridgehead atoms. The van der Waals surface area contributed by atoms with Crippen LogP contribution < -0.4 is 5.32 Å². The molecule has 2 amide bonds. The van der Waals surface area contributed by atoms with Gasteiger partial charge in [-0.25, -0.2) is 4.98 Å². The van der Waals surface area contributed by atoms with Gasteiger partial charge in [0.2, 0.25) is 11.8 Å². The first-order valence-electron chi connectivity index (χ1n) is 9.74. The van der Waals surface area contributed by atoms with E-state index in [4.69, 9.17) is 0 Å². The smallest absolute Gasteiger partial charge is 0.247 e. The van der Waals surface area contributed by atoms with Crippen molar-refractivity contribution in [2.24, 2.45) is 0 Å². The van der Waals surface area contributed by atoms with E-state index in [0.29, 0.717) is 12.2 Å². The Morgan fingerprint density at radius 2 is 1.93 bits per heavy atom. The van der Waals surface area contributed by atoms with E-state index >= 15 is 0 Å². The standard InChI is InChI=1S/C24H25N3O2S/c1-17(21-10-7-11-22(14-21)25-18(2)28)27(15-20-8-5-4-6-9-20)24(29)13-12-23-16-30-19(3)26-23/h4-14,16-17H,15H2,1-3H3,(H,25,28)/b13-12+. The lowest BCUT2D eigenvalue weighted by atomic mass is 10.0. The highest BCUT2D eigenvalue weighted by Gasteiger charge is 2.20. The second-order valence-corrected chi connectivity index (χ2v) is 8.12. The Morgan fingerprint density at radius 1 is 1.17 bits per heavy atom. The van der Waals surface area contributed by atoms with Crippen LogP contribution in [0.25, 0.3) is 6.08 Å². The quantitative estimate of drug-likeness (QED) is 0.535. The third kappa shape index (κ3) is 5.87. The van der Waals surface area contributed by atoms with E-state index in [1.807, 2.05) is 78.7 Å². The van der Waals surface area contributed by atoms with Crippen molar-refractivity contribution in [3.05, 3.63) is 87.9 Å². The van der Waals surface area contributed by atoms with Crippen molar-refractivity contribution in [2.45, 2.75) is 33.4 Å². The van der Waals surface area contributed by atoms with E-state index in [1.54, 1.807) is 23.5 Å². The third-order valence-electron chi connectivity index (χ3n) is 4.67. The van der Waals surface area contributed by atoms with Crippen LogP contribution in [-0.4, -0.2) is 21.7 Å². The molecular formula is C24H25N3O2S. The van der Waals surface area contributed by atoms with Crippen molar-refractivity contribution >= 4 is 34.9 Å². The molecule has 1 heterocycles. The number of nitrogens with zero attached hydrogens (tertiary/aromatic N) is 2. The van der Waals surface area contributed by atoms with Crippen molar-refractivity contribution in [3.8, 4) is 0 Å². The van der Waals surface area contributed by atoms with Crippen LogP contribution in [0, 0.1) is 6.92 Å². The minimum absolute atomic E-state index is 0.0954. The van der Waals surface area contributed by atoms with Crippen molar-refractivity contribution in [1.82, 2.24) is 9.88 Å². The summed E-state index contributed by atoms with van der Waals surface area (Å²) in [4.78, 5) is 30.8. The maximum absolute atomic E-state index is 13.2. The molecule has 30 heavy (non-hydrogen) atoms. The third-order valence-corrected chi connectivity index (χ3v) is 5.46. The molecule has 1 aromatic heterocycles. The van der Waals surface area contributed by atoms with Crippen LogP contribution >= 0.6 is 11.3 Å². The first kappa shape index (κ1) is 21.5. The number of carbonyl (C=O) groups is 2. The molecule has 1 unspecified atom stereocenters.